The first-order valence-electron chi connectivity index (χ1n) is 7.11. The molecule has 1 aromatic rings. The minimum atomic E-state index is -5.06. The van der Waals surface area contributed by atoms with E-state index in [4.69, 9.17) is 23.2 Å². The van der Waals surface area contributed by atoms with E-state index < -0.39 is 40.6 Å². The molecule has 2 rings (SSSR count). The number of hydrogen-bond acceptors (Lipinski definition) is 2. The van der Waals surface area contributed by atoms with Gasteiger partial charge in [-0.25, -0.2) is 4.39 Å². The van der Waals surface area contributed by atoms with Gasteiger partial charge in [-0.3, -0.25) is 4.79 Å². The highest BCUT2D eigenvalue weighted by Crippen LogP contribution is 2.71. The van der Waals surface area contributed by atoms with Gasteiger partial charge in [0.2, 0.25) is 0 Å². The van der Waals surface area contributed by atoms with Gasteiger partial charge >= 0.3 is 12.3 Å². The first kappa shape index (κ1) is 19.8. The Labute approximate surface area is 151 Å². The lowest BCUT2D eigenvalue weighted by molar-refractivity contribution is -0.275. The van der Waals surface area contributed by atoms with Gasteiger partial charge in [0.15, 0.2) is 11.6 Å². The first-order chi connectivity index (χ1) is 11.3. The summed E-state index contributed by atoms with van der Waals surface area (Å²) in [6.07, 6.45) is -3.79. The number of hydrogen-bond donors (Lipinski definition) is 1. The maximum Gasteiger partial charge on any atom is 0.573 e. The number of ether oxygens (including phenoxy) is 1. The number of benzene rings is 1. The van der Waals surface area contributed by atoms with E-state index in [-0.39, 0.29) is 16.5 Å². The fraction of sp³-hybridized carbons (Fsp3) is 0.438. The van der Waals surface area contributed by atoms with E-state index >= 15 is 0 Å². The third kappa shape index (κ3) is 3.72. The minimum Gasteiger partial charge on any atom is -0.481 e. The average Bonchev–Trinajstić information content (AvgIpc) is 2.88. The predicted octanol–water partition coefficient (Wildman–Crippen LogP) is 5.31. The molecule has 2 unspecified atom stereocenters. The van der Waals surface area contributed by atoms with Crippen molar-refractivity contribution in [1.82, 2.24) is 0 Å². The Morgan fingerprint density at radius 1 is 1.36 bits per heavy atom. The molecular formula is C16H14Cl2F4O3. The Morgan fingerprint density at radius 3 is 2.44 bits per heavy atom. The standard InChI is InChI=1S/C16H14Cl2F4O3/c1-14(2)11(6-12(17)18)15(14,13(23)24)7-8-3-4-9(19)10(5-8)25-16(20,21)22/h3-6,11H,7H2,1-2H3,(H,23,24). The van der Waals surface area contributed by atoms with Crippen LogP contribution >= 0.6 is 23.2 Å². The highest BCUT2D eigenvalue weighted by atomic mass is 35.5. The van der Waals surface area contributed by atoms with Crippen LogP contribution in [0, 0.1) is 22.6 Å². The second-order valence-corrected chi connectivity index (χ2v) is 7.43. The van der Waals surface area contributed by atoms with Gasteiger partial charge in [0.05, 0.1) is 5.41 Å². The number of rotatable bonds is 5. The van der Waals surface area contributed by atoms with Crippen LogP contribution in [0.3, 0.4) is 0 Å². The van der Waals surface area contributed by atoms with E-state index in [1.807, 2.05) is 0 Å². The number of alkyl halides is 3. The molecule has 138 valence electrons. The van der Waals surface area contributed by atoms with Gasteiger partial charge in [0.1, 0.15) is 4.49 Å². The molecule has 0 aliphatic heterocycles. The van der Waals surface area contributed by atoms with Crippen molar-refractivity contribution in [3.63, 3.8) is 0 Å². The van der Waals surface area contributed by atoms with E-state index in [2.05, 4.69) is 4.74 Å². The molecule has 1 aromatic carbocycles. The number of carboxylic acid groups (broad SMARTS) is 1. The molecule has 0 spiro atoms. The maximum absolute atomic E-state index is 13.5. The van der Waals surface area contributed by atoms with Crippen molar-refractivity contribution >= 4 is 29.2 Å². The number of carbonyl (C=O) groups is 1. The molecule has 0 aromatic heterocycles. The van der Waals surface area contributed by atoms with Crippen molar-refractivity contribution < 1.29 is 32.2 Å². The highest BCUT2D eigenvalue weighted by molar-refractivity contribution is 6.55. The van der Waals surface area contributed by atoms with Gasteiger partial charge in [0, 0.05) is 5.92 Å². The third-order valence-corrected chi connectivity index (χ3v) is 5.01. The number of allylic oxidation sites excluding steroid dienone is 1. The van der Waals surface area contributed by atoms with Crippen molar-refractivity contribution in [1.29, 1.82) is 0 Å². The second-order valence-electron chi connectivity index (χ2n) is 6.42. The Bertz CT molecular complexity index is 727. The van der Waals surface area contributed by atoms with Gasteiger partial charge in [-0.05, 0) is 35.6 Å². The van der Waals surface area contributed by atoms with Crippen LogP contribution in [-0.4, -0.2) is 17.4 Å². The summed E-state index contributed by atoms with van der Waals surface area (Å²) in [4.78, 5) is 11.9. The van der Waals surface area contributed by atoms with Gasteiger partial charge in [-0.1, -0.05) is 43.1 Å². The summed E-state index contributed by atoms with van der Waals surface area (Å²) in [5, 5.41) is 9.69. The Hall–Kier alpha value is -1.47. The zero-order valence-corrected chi connectivity index (χ0v) is 14.6. The monoisotopic (exact) mass is 400 g/mol. The number of aliphatic carboxylic acids is 1. The fourth-order valence-electron chi connectivity index (χ4n) is 3.38. The van der Waals surface area contributed by atoms with E-state index in [9.17, 15) is 27.5 Å². The van der Waals surface area contributed by atoms with E-state index in [1.165, 1.54) is 12.1 Å². The summed E-state index contributed by atoms with van der Waals surface area (Å²) in [6.45, 7) is 3.38. The van der Waals surface area contributed by atoms with Crippen molar-refractivity contribution in [2.75, 3.05) is 0 Å². The van der Waals surface area contributed by atoms with Crippen molar-refractivity contribution in [2.45, 2.75) is 26.6 Å². The van der Waals surface area contributed by atoms with Crippen LogP contribution in [0.1, 0.15) is 19.4 Å². The summed E-state index contributed by atoms with van der Waals surface area (Å²) in [5.74, 6) is -3.87. The Morgan fingerprint density at radius 2 is 1.96 bits per heavy atom. The topological polar surface area (TPSA) is 46.5 Å². The SMILES string of the molecule is CC1(C)C(C=C(Cl)Cl)C1(Cc1ccc(F)c(OC(F)(F)F)c1)C(=O)O. The molecule has 1 fully saturated rings. The molecule has 0 heterocycles. The van der Waals surface area contributed by atoms with Crippen LogP contribution in [0.4, 0.5) is 17.6 Å². The van der Waals surface area contributed by atoms with Crippen molar-refractivity contribution in [2.24, 2.45) is 16.7 Å². The summed E-state index contributed by atoms with van der Waals surface area (Å²) >= 11 is 11.3. The fourth-order valence-corrected chi connectivity index (χ4v) is 3.63. The molecule has 9 heteroatoms. The van der Waals surface area contributed by atoms with Gasteiger partial charge in [-0.2, -0.15) is 0 Å². The molecule has 2 atom stereocenters. The van der Waals surface area contributed by atoms with Crippen LogP contribution < -0.4 is 4.74 Å². The van der Waals surface area contributed by atoms with Gasteiger partial charge < -0.3 is 9.84 Å². The quantitative estimate of drug-likeness (QED) is 0.680. The zero-order chi connectivity index (χ0) is 19.2. The molecule has 0 amide bonds. The van der Waals surface area contributed by atoms with E-state index in [0.717, 1.165) is 12.1 Å². The lowest BCUT2D eigenvalue weighted by Gasteiger charge is -2.17. The van der Waals surface area contributed by atoms with Gasteiger partial charge in [-0.15, -0.1) is 13.2 Å². The maximum atomic E-state index is 13.5. The van der Waals surface area contributed by atoms with Crippen LogP contribution in [0.15, 0.2) is 28.8 Å². The summed E-state index contributed by atoms with van der Waals surface area (Å²) in [5.41, 5.74) is -1.87. The summed E-state index contributed by atoms with van der Waals surface area (Å²) < 4.78 is 54.1. The van der Waals surface area contributed by atoms with E-state index in [0.29, 0.717) is 0 Å². The smallest absolute Gasteiger partial charge is 0.481 e. The lowest BCUT2D eigenvalue weighted by Crippen LogP contribution is -2.24. The molecule has 1 N–H and O–H groups in total. The largest absolute Gasteiger partial charge is 0.573 e. The normalized spacial score (nSPS) is 24.6. The molecule has 0 radical (unpaired) electrons. The lowest BCUT2D eigenvalue weighted by atomic mass is 9.88. The molecule has 0 saturated heterocycles. The van der Waals surface area contributed by atoms with Crippen LogP contribution in [0.5, 0.6) is 5.75 Å². The number of halogens is 6. The van der Waals surface area contributed by atoms with Crippen LogP contribution in [-0.2, 0) is 11.2 Å². The molecule has 3 nitrogen and oxygen atoms in total. The highest BCUT2D eigenvalue weighted by Gasteiger charge is 2.74. The third-order valence-electron chi connectivity index (χ3n) is 4.75. The molecule has 1 aliphatic carbocycles. The van der Waals surface area contributed by atoms with Crippen molar-refractivity contribution in [3.8, 4) is 5.75 Å². The second kappa shape index (κ2) is 6.36. The van der Waals surface area contributed by atoms with Crippen LogP contribution in [0.25, 0.3) is 0 Å². The minimum absolute atomic E-state index is 0.0959. The van der Waals surface area contributed by atoms with Crippen molar-refractivity contribution in [3.05, 3.63) is 40.1 Å². The summed E-state index contributed by atoms with van der Waals surface area (Å²) in [6, 6.07) is 2.88. The molecule has 0 bridgehead atoms. The summed E-state index contributed by atoms with van der Waals surface area (Å²) in [7, 11) is 0. The molecule has 1 aliphatic rings. The van der Waals surface area contributed by atoms with Gasteiger partial charge in [0.25, 0.3) is 0 Å². The Kier molecular flexibility index (Phi) is 5.05. The van der Waals surface area contributed by atoms with Crippen LogP contribution in [0.2, 0.25) is 0 Å². The Balaban J connectivity index is 2.38. The number of carboxylic acids is 1. The molecular weight excluding hydrogens is 387 g/mol. The molecule has 1 saturated carbocycles. The zero-order valence-electron chi connectivity index (χ0n) is 13.1. The first-order valence-corrected chi connectivity index (χ1v) is 7.87. The predicted molar refractivity (Wildman–Crippen MR) is 83.9 cm³/mol. The average molecular weight is 401 g/mol. The molecule has 25 heavy (non-hydrogen) atoms. The van der Waals surface area contributed by atoms with E-state index in [1.54, 1.807) is 13.8 Å².